The fraction of sp³-hybridized carbons (Fsp3) is 0.625. The lowest BCUT2D eigenvalue weighted by Crippen LogP contribution is -2.39. The molecule has 0 spiro atoms. The molecule has 1 aliphatic carbocycles. The molecule has 1 unspecified atom stereocenters. The lowest BCUT2D eigenvalue weighted by Gasteiger charge is -2.26. The Hall–Kier alpha value is -0.930. The SMILES string of the molecule is CC(C)(C)NCC(OCC1CC1)c1ccccc1F. The Labute approximate surface area is 115 Å². The van der Waals surface area contributed by atoms with Gasteiger partial charge in [0.2, 0.25) is 0 Å². The van der Waals surface area contributed by atoms with Crippen molar-refractivity contribution in [2.24, 2.45) is 5.92 Å². The first-order chi connectivity index (χ1) is 8.96. The van der Waals surface area contributed by atoms with Crippen LogP contribution in [0.3, 0.4) is 0 Å². The standard InChI is InChI=1S/C16H24FNO/c1-16(2,3)18-10-15(19-11-12-8-9-12)13-6-4-5-7-14(13)17/h4-7,12,15,18H,8-11H2,1-3H3. The summed E-state index contributed by atoms with van der Waals surface area (Å²) in [6, 6.07) is 6.90. The van der Waals surface area contributed by atoms with Gasteiger partial charge in [-0.1, -0.05) is 18.2 Å². The van der Waals surface area contributed by atoms with Crippen molar-refractivity contribution in [1.29, 1.82) is 0 Å². The van der Waals surface area contributed by atoms with Crippen LogP contribution in [0.25, 0.3) is 0 Å². The van der Waals surface area contributed by atoms with Crippen LogP contribution in [-0.4, -0.2) is 18.7 Å². The van der Waals surface area contributed by atoms with Crippen molar-refractivity contribution in [2.75, 3.05) is 13.2 Å². The lowest BCUT2D eigenvalue weighted by molar-refractivity contribution is 0.0389. The average Bonchev–Trinajstić information content (AvgIpc) is 3.13. The molecule has 106 valence electrons. The molecule has 0 heterocycles. The van der Waals surface area contributed by atoms with Gasteiger partial charge in [0, 0.05) is 17.6 Å². The van der Waals surface area contributed by atoms with Gasteiger partial charge in [-0.2, -0.15) is 0 Å². The minimum Gasteiger partial charge on any atom is -0.372 e. The van der Waals surface area contributed by atoms with E-state index in [1.807, 2.05) is 12.1 Å². The molecule has 1 aromatic carbocycles. The number of hydrogen-bond acceptors (Lipinski definition) is 2. The molecule has 19 heavy (non-hydrogen) atoms. The highest BCUT2D eigenvalue weighted by molar-refractivity contribution is 5.20. The van der Waals surface area contributed by atoms with E-state index < -0.39 is 0 Å². The summed E-state index contributed by atoms with van der Waals surface area (Å²) in [4.78, 5) is 0. The molecule has 1 aromatic rings. The second-order valence-corrected chi connectivity index (χ2v) is 6.42. The van der Waals surface area contributed by atoms with Crippen LogP contribution in [0.15, 0.2) is 24.3 Å². The van der Waals surface area contributed by atoms with Gasteiger partial charge in [0.25, 0.3) is 0 Å². The number of hydrogen-bond donors (Lipinski definition) is 1. The maximum absolute atomic E-state index is 13.9. The van der Waals surface area contributed by atoms with E-state index in [-0.39, 0.29) is 17.5 Å². The summed E-state index contributed by atoms with van der Waals surface area (Å²) in [6.45, 7) is 7.69. The summed E-state index contributed by atoms with van der Waals surface area (Å²) in [5.41, 5.74) is 0.659. The Morgan fingerprint density at radius 2 is 2.00 bits per heavy atom. The Balaban J connectivity index is 2.01. The number of halogens is 1. The molecule has 3 heteroatoms. The minimum atomic E-state index is -0.207. The maximum atomic E-state index is 13.9. The number of rotatable bonds is 6. The van der Waals surface area contributed by atoms with E-state index in [1.54, 1.807) is 6.07 Å². The monoisotopic (exact) mass is 265 g/mol. The lowest BCUT2D eigenvalue weighted by atomic mass is 10.1. The third-order valence-electron chi connectivity index (χ3n) is 3.30. The first-order valence-corrected chi connectivity index (χ1v) is 7.07. The molecule has 1 saturated carbocycles. The quantitative estimate of drug-likeness (QED) is 0.847. The van der Waals surface area contributed by atoms with Crippen molar-refractivity contribution in [2.45, 2.75) is 45.3 Å². The molecule has 0 amide bonds. The maximum Gasteiger partial charge on any atom is 0.129 e. The van der Waals surface area contributed by atoms with Gasteiger partial charge in [-0.25, -0.2) is 4.39 Å². The van der Waals surface area contributed by atoms with E-state index in [0.717, 1.165) is 6.61 Å². The van der Waals surface area contributed by atoms with E-state index in [2.05, 4.69) is 26.1 Å². The Kier molecular flexibility index (Phi) is 4.58. The zero-order valence-corrected chi connectivity index (χ0v) is 12.1. The molecule has 2 nitrogen and oxygen atoms in total. The molecule has 1 N–H and O–H groups in total. The fourth-order valence-electron chi connectivity index (χ4n) is 1.93. The van der Waals surface area contributed by atoms with Crippen molar-refractivity contribution in [3.05, 3.63) is 35.6 Å². The zero-order valence-electron chi connectivity index (χ0n) is 12.1. The molecule has 1 fully saturated rings. The molecule has 0 bridgehead atoms. The van der Waals surface area contributed by atoms with Crippen molar-refractivity contribution < 1.29 is 9.13 Å². The molecule has 0 aromatic heterocycles. The van der Waals surface area contributed by atoms with Gasteiger partial charge in [-0.15, -0.1) is 0 Å². The number of ether oxygens (including phenoxy) is 1. The van der Waals surface area contributed by atoms with Crippen LogP contribution in [0.1, 0.15) is 45.3 Å². The third-order valence-corrected chi connectivity index (χ3v) is 3.30. The predicted molar refractivity (Wildman–Crippen MR) is 75.6 cm³/mol. The van der Waals surface area contributed by atoms with Gasteiger partial charge in [0.15, 0.2) is 0 Å². The summed E-state index contributed by atoms with van der Waals surface area (Å²) in [5, 5.41) is 3.40. The second-order valence-electron chi connectivity index (χ2n) is 6.42. The van der Waals surface area contributed by atoms with Crippen LogP contribution >= 0.6 is 0 Å². The van der Waals surface area contributed by atoms with Crippen LogP contribution in [-0.2, 0) is 4.74 Å². The molecule has 0 radical (unpaired) electrons. The van der Waals surface area contributed by atoms with Gasteiger partial charge < -0.3 is 10.1 Å². The van der Waals surface area contributed by atoms with E-state index in [1.165, 1.54) is 18.9 Å². The second kappa shape index (κ2) is 6.02. The van der Waals surface area contributed by atoms with Crippen LogP contribution in [0.5, 0.6) is 0 Å². The summed E-state index contributed by atoms with van der Waals surface area (Å²) in [7, 11) is 0. The summed E-state index contributed by atoms with van der Waals surface area (Å²) < 4.78 is 19.8. The smallest absolute Gasteiger partial charge is 0.129 e. The van der Waals surface area contributed by atoms with Crippen molar-refractivity contribution in [3.63, 3.8) is 0 Å². The topological polar surface area (TPSA) is 21.3 Å². The van der Waals surface area contributed by atoms with E-state index >= 15 is 0 Å². The van der Waals surface area contributed by atoms with Crippen molar-refractivity contribution in [3.8, 4) is 0 Å². The van der Waals surface area contributed by atoms with E-state index in [4.69, 9.17) is 4.74 Å². The van der Waals surface area contributed by atoms with Gasteiger partial charge in [0.05, 0.1) is 12.7 Å². The first kappa shape index (κ1) is 14.5. The number of benzene rings is 1. The largest absolute Gasteiger partial charge is 0.372 e. The summed E-state index contributed by atoms with van der Waals surface area (Å²) in [6.07, 6.45) is 2.29. The van der Waals surface area contributed by atoms with Crippen molar-refractivity contribution in [1.82, 2.24) is 5.32 Å². The summed E-state index contributed by atoms with van der Waals surface area (Å²) in [5.74, 6) is 0.503. The van der Waals surface area contributed by atoms with Crippen LogP contribution in [0.4, 0.5) is 4.39 Å². The minimum absolute atomic E-state index is 0.00640. The normalized spacial score (nSPS) is 17.5. The Morgan fingerprint density at radius 3 is 2.58 bits per heavy atom. The molecular weight excluding hydrogens is 241 g/mol. The van der Waals surface area contributed by atoms with Gasteiger partial charge >= 0.3 is 0 Å². The summed E-state index contributed by atoms with van der Waals surface area (Å²) >= 11 is 0. The Bertz CT molecular complexity index is 409. The van der Waals surface area contributed by atoms with E-state index in [0.29, 0.717) is 18.0 Å². The number of nitrogens with one attached hydrogen (secondary N) is 1. The highest BCUT2D eigenvalue weighted by atomic mass is 19.1. The molecule has 0 aliphatic heterocycles. The molecule has 2 rings (SSSR count). The third kappa shape index (κ3) is 4.92. The average molecular weight is 265 g/mol. The zero-order chi connectivity index (χ0) is 13.9. The van der Waals surface area contributed by atoms with E-state index in [9.17, 15) is 4.39 Å². The molecule has 0 saturated heterocycles. The fourth-order valence-corrected chi connectivity index (χ4v) is 1.93. The molecule has 1 aliphatic rings. The Morgan fingerprint density at radius 1 is 1.32 bits per heavy atom. The highest BCUT2D eigenvalue weighted by Gasteiger charge is 2.25. The van der Waals surface area contributed by atoms with Crippen LogP contribution in [0.2, 0.25) is 0 Å². The van der Waals surface area contributed by atoms with Gasteiger partial charge in [-0.05, 0) is 45.6 Å². The van der Waals surface area contributed by atoms with Crippen molar-refractivity contribution >= 4 is 0 Å². The highest BCUT2D eigenvalue weighted by Crippen LogP contribution is 2.31. The molecule has 1 atom stereocenters. The van der Waals surface area contributed by atoms with Crippen LogP contribution in [0, 0.1) is 11.7 Å². The van der Waals surface area contributed by atoms with Gasteiger partial charge in [-0.3, -0.25) is 0 Å². The predicted octanol–water partition coefficient (Wildman–Crippen LogP) is 3.68. The molecular formula is C16H24FNO. The first-order valence-electron chi connectivity index (χ1n) is 7.07. The van der Waals surface area contributed by atoms with Gasteiger partial charge in [0.1, 0.15) is 5.82 Å². The van der Waals surface area contributed by atoms with Crippen LogP contribution < -0.4 is 5.32 Å².